The van der Waals surface area contributed by atoms with Crippen LogP contribution in [0, 0.1) is 6.92 Å². The monoisotopic (exact) mass is 327 g/mol. The van der Waals surface area contributed by atoms with E-state index >= 15 is 0 Å². The Morgan fingerprint density at radius 3 is 2.42 bits per heavy atom. The summed E-state index contributed by atoms with van der Waals surface area (Å²) in [5.74, 6) is 1.38. The summed E-state index contributed by atoms with van der Waals surface area (Å²) in [6.07, 6.45) is 0.244. The summed E-state index contributed by atoms with van der Waals surface area (Å²) in [5.41, 5.74) is 2.15. The van der Waals surface area contributed by atoms with Gasteiger partial charge in [0.1, 0.15) is 11.5 Å². The van der Waals surface area contributed by atoms with Crippen molar-refractivity contribution in [1.29, 1.82) is 0 Å². The first kappa shape index (κ1) is 17.9. The lowest BCUT2D eigenvalue weighted by molar-refractivity contribution is -0.128. The molecule has 0 aliphatic rings. The van der Waals surface area contributed by atoms with Crippen LogP contribution in [0.5, 0.6) is 11.5 Å². The average Bonchev–Trinajstić information content (AvgIpc) is 2.59. The molecule has 2 aromatic rings. The highest BCUT2D eigenvalue weighted by molar-refractivity contribution is 5.81. The van der Waals surface area contributed by atoms with Gasteiger partial charge in [-0.05, 0) is 55.7 Å². The molecule has 0 fully saturated rings. The normalized spacial score (nSPS) is 13.0. The van der Waals surface area contributed by atoms with Gasteiger partial charge in [-0.25, -0.2) is 0 Å². The number of nitrogens with one attached hydrogen (secondary N) is 1. The van der Waals surface area contributed by atoms with Crippen molar-refractivity contribution in [2.24, 2.45) is 0 Å². The van der Waals surface area contributed by atoms with Crippen molar-refractivity contribution in [3.63, 3.8) is 0 Å². The first-order chi connectivity index (χ1) is 11.5. The molecule has 1 amide bonds. The fraction of sp³-hybridized carbons (Fsp3) is 0.350. The van der Waals surface area contributed by atoms with Crippen LogP contribution < -0.4 is 14.8 Å². The Morgan fingerprint density at radius 1 is 1.12 bits per heavy atom. The lowest BCUT2D eigenvalue weighted by Gasteiger charge is -2.21. The number of rotatable bonds is 7. The van der Waals surface area contributed by atoms with Crippen molar-refractivity contribution in [2.75, 3.05) is 7.11 Å². The van der Waals surface area contributed by atoms with Gasteiger partial charge in [0.05, 0.1) is 13.2 Å². The summed E-state index contributed by atoms with van der Waals surface area (Å²) >= 11 is 0. The highest BCUT2D eigenvalue weighted by Gasteiger charge is 2.19. The van der Waals surface area contributed by atoms with E-state index in [1.54, 1.807) is 14.0 Å². The second-order valence-corrected chi connectivity index (χ2v) is 5.82. The van der Waals surface area contributed by atoms with Gasteiger partial charge in [0.15, 0.2) is 6.10 Å². The molecule has 4 heteroatoms. The molecule has 0 saturated heterocycles. The summed E-state index contributed by atoms with van der Waals surface area (Å²) in [4.78, 5) is 12.4. The lowest BCUT2D eigenvalue weighted by atomic mass is 10.0. The van der Waals surface area contributed by atoms with E-state index in [2.05, 4.69) is 5.32 Å². The second-order valence-electron chi connectivity index (χ2n) is 5.82. The molecule has 2 rings (SSSR count). The van der Waals surface area contributed by atoms with Crippen LogP contribution >= 0.6 is 0 Å². The molecule has 24 heavy (non-hydrogen) atoms. The Morgan fingerprint density at radius 2 is 1.83 bits per heavy atom. The van der Waals surface area contributed by atoms with Gasteiger partial charge in [0.25, 0.3) is 5.91 Å². The molecule has 0 aliphatic carbocycles. The quantitative estimate of drug-likeness (QED) is 0.835. The van der Waals surface area contributed by atoms with Crippen LogP contribution in [0.25, 0.3) is 0 Å². The van der Waals surface area contributed by atoms with Gasteiger partial charge in [0.2, 0.25) is 0 Å². The second kappa shape index (κ2) is 8.39. The molecule has 128 valence electrons. The predicted molar refractivity (Wildman–Crippen MR) is 95.4 cm³/mol. The van der Waals surface area contributed by atoms with Gasteiger partial charge in [-0.1, -0.05) is 31.2 Å². The molecule has 0 aliphatic heterocycles. The zero-order chi connectivity index (χ0) is 17.5. The zero-order valence-electron chi connectivity index (χ0n) is 14.7. The van der Waals surface area contributed by atoms with E-state index in [0.29, 0.717) is 5.75 Å². The summed E-state index contributed by atoms with van der Waals surface area (Å²) in [7, 11) is 1.64. The summed E-state index contributed by atoms with van der Waals surface area (Å²) in [5, 5.41) is 3.05. The van der Waals surface area contributed by atoms with Gasteiger partial charge in [-0.15, -0.1) is 0 Å². The minimum Gasteiger partial charge on any atom is -0.497 e. The van der Waals surface area contributed by atoms with E-state index in [1.165, 1.54) is 0 Å². The van der Waals surface area contributed by atoms with Crippen molar-refractivity contribution in [1.82, 2.24) is 5.32 Å². The van der Waals surface area contributed by atoms with E-state index < -0.39 is 6.10 Å². The lowest BCUT2D eigenvalue weighted by Crippen LogP contribution is -2.38. The Hall–Kier alpha value is -2.49. The predicted octanol–water partition coefficient (Wildman–Crippen LogP) is 4.04. The highest BCUT2D eigenvalue weighted by Crippen LogP contribution is 2.21. The fourth-order valence-corrected chi connectivity index (χ4v) is 2.49. The highest BCUT2D eigenvalue weighted by atomic mass is 16.5. The van der Waals surface area contributed by atoms with Crippen LogP contribution in [0.15, 0.2) is 48.5 Å². The van der Waals surface area contributed by atoms with E-state index in [9.17, 15) is 4.79 Å². The molecule has 0 spiro atoms. The minimum atomic E-state index is -0.556. The number of benzene rings is 2. The molecule has 2 atom stereocenters. The first-order valence-corrected chi connectivity index (χ1v) is 8.21. The van der Waals surface area contributed by atoms with Crippen LogP contribution in [0.2, 0.25) is 0 Å². The van der Waals surface area contributed by atoms with E-state index in [4.69, 9.17) is 9.47 Å². The molecular weight excluding hydrogens is 302 g/mol. The van der Waals surface area contributed by atoms with Crippen LogP contribution in [0.1, 0.15) is 37.4 Å². The molecule has 0 saturated carbocycles. The number of carbonyl (C=O) groups excluding carboxylic acids is 1. The van der Waals surface area contributed by atoms with E-state index in [-0.39, 0.29) is 11.9 Å². The molecule has 0 unspecified atom stereocenters. The van der Waals surface area contributed by atoms with Crippen molar-refractivity contribution >= 4 is 5.91 Å². The number of amides is 1. The maximum atomic E-state index is 12.4. The van der Waals surface area contributed by atoms with Crippen LogP contribution in [0.3, 0.4) is 0 Å². The molecule has 0 radical (unpaired) electrons. The molecule has 1 N–H and O–H groups in total. The maximum Gasteiger partial charge on any atom is 0.261 e. The van der Waals surface area contributed by atoms with Gasteiger partial charge >= 0.3 is 0 Å². The average molecular weight is 327 g/mol. The first-order valence-electron chi connectivity index (χ1n) is 8.21. The van der Waals surface area contributed by atoms with Crippen molar-refractivity contribution in [2.45, 2.75) is 39.3 Å². The minimum absolute atomic E-state index is 0.0491. The van der Waals surface area contributed by atoms with Crippen LogP contribution in [-0.4, -0.2) is 19.1 Å². The Bertz CT molecular complexity index is 667. The topological polar surface area (TPSA) is 47.6 Å². The van der Waals surface area contributed by atoms with E-state index in [0.717, 1.165) is 23.3 Å². The van der Waals surface area contributed by atoms with Gasteiger partial charge in [-0.3, -0.25) is 4.79 Å². The Labute approximate surface area is 143 Å². The Balaban J connectivity index is 1.99. The molecular formula is C20H25NO3. The molecule has 2 aromatic carbocycles. The van der Waals surface area contributed by atoms with Gasteiger partial charge in [-0.2, -0.15) is 0 Å². The Kier molecular flexibility index (Phi) is 6.24. The number of aryl methyl sites for hydroxylation is 1. The number of carbonyl (C=O) groups is 1. The molecule has 0 heterocycles. The zero-order valence-corrected chi connectivity index (χ0v) is 14.7. The third-order valence-electron chi connectivity index (χ3n) is 3.91. The number of hydrogen-bond donors (Lipinski definition) is 1. The SMILES string of the molecule is CC[C@H](NC(=O)[C@H](C)Oc1cccc(C)c1)c1ccc(OC)cc1. The largest absolute Gasteiger partial charge is 0.497 e. The van der Waals surface area contributed by atoms with Crippen LogP contribution in [0.4, 0.5) is 0 Å². The molecule has 4 nitrogen and oxygen atoms in total. The van der Waals surface area contributed by atoms with E-state index in [1.807, 2.05) is 62.4 Å². The summed E-state index contributed by atoms with van der Waals surface area (Å²) in [6, 6.07) is 15.4. The van der Waals surface area contributed by atoms with Crippen molar-refractivity contribution < 1.29 is 14.3 Å². The third kappa shape index (κ3) is 4.75. The van der Waals surface area contributed by atoms with Gasteiger partial charge < -0.3 is 14.8 Å². The molecule has 0 bridgehead atoms. The summed E-state index contributed by atoms with van der Waals surface area (Å²) < 4.78 is 10.9. The maximum absolute atomic E-state index is 12.4. The molecule has 0 aromatic heterocycles. The number of hydrogen-bond acceptors (Lipinski definition) is 3. The fourth-order valence-electron chi connectivity index (χ4n) is 2.49. The number of methoxy groups -OCH3 is 1. The smallest absolute Gasteiger partial charge is 0.261 e. The third-order valence-corrected chi connectivity index (χ3v) is 3.91. The van der Waals surface area contributed by atoms with Crippen LogP contribution in [-0.2, 0) is 4.79 Å². The summed E-state index contributed by atoms with van der Waals surface area (Å²) in [6.45, 7) is 5.80. The van der Waals surface area contributed by atoms with Crippen molar-refractivity contribution in [3.8, 4) is 11.5 Å². The van der Waals surface area contributed by atoms with Gasteiger partial charge in [0, 0.05) is 0 Å². The standard InChI is InChI=1S/C20H25NO3/c1-5-19(16-9-11-17(23-4)12-10-16)21-20(22)15(3)24-18-8-6-7-14(2)13-18/h6-13,15,19H,5H2,1-4H3,(H,21,22)/t15-,19-/m0/s1. The number of ether oxygens (including phenoxy) is 2. The van der Waals surface area contributed by atoms with Crippen molar-refractivity contribution in [3.05, 3.63) is 59.7 Å².